The molecule has 1 rings (SSSR count). The number of methoxy groups -OCH3 is 1. The van der Waals surface area contributed by atoms with Gasteiger partial charge < -0.3 is 14.4 Å². The van der Waals surface area contributed by atoms with Crippen molar-refractivity contribution in [2.24, 2.45) is 0 Å². The second kappa shape index (κ2) is 2.38. The number of likely N-dealkylation sites (tertiary alicyclic amines) is 1. The first kappa shape index (κ1) is 7.21. The molecule has 0 aromatic heterocycles. The van der Waals surface area contributed by atoms with Crippen molar-refractivity contribution >= 4 is 12.2 Å². The molecule has 2 unspecified atom stereocenters. The molecule has 2 atom stereocenters. The van der Waals surface area contributed by atoms with Crippen LogP contribution in [0.25, 0.3) is 0 Å². The molecule has 1 aliphatic rings. The van der Waals surface area contributed by atoms with Gasteiger partial charge in [-0.05, 0) is 0 Å². The number of hydrogen-bond donors (Lipinski definition) is 0. The van der Waals surface area contributed by atoms with Crippen LogP contribution in [0.5, 0.6) is 0 Å². The highest BCUT2D eigenvalue weighted by Crippen LogP contribution is 2.17. The van der Waals surface area contributed by atoms with Crippen LogP contribution in [0.15, 0.2) is 0 Å². The normalized spacial score (nSPS) is 31.8. The number of ether oxygens (including phenoxy) is 1. The fraction of sp³-hybridized carbons (Fsp3) is 0.667. The lowest BCUT2D eigenvalue weighted by atomic mass is 10.0. The summed E-state index contributed by atoms with van der Waals surface area (Å²) < 4.78 is 4.75. The highest BCUT2D eigenvalue weighted by Gasteiger charge is 2.45. The van der Waals surface area contributed by atoms with Gasteiger partial charge in [-0.2, -0.15) is 0 Å². The molecule has 0 saturated carbocycles. The molecular formula is C6H9NO3. The Hall–Kier alpha value is -0.900. The molecule has 0 aliphatic carbocycles. The Bertz CT molecular complexity index is 168. The van der Waals surface area contributed by atoms with Crippen LogP contribution in [0, 0.1) is 0 Å². The van der Waals surface area contributed by atoms with Gasteiger partial charge in [0.2, 0.25) is 0 Å². The molecule has 0 bridgehead atoms. The van der Waals surface area contributed by atoms with E-state index in [1.54, 1.807) is 7.05 Å². The van der Waals surface area contributed by atoms with Crippen LogP contribution < -0.4 is 0 Å². The Morgan fingerprint density at radius 1 is 1.70 bits per heavy atom. The molecule has 1 fully saturated rings. The molecular weight excluding hydrogens is 134 g/mol. The fourth-order valence-corrected chi connectivity index (χ4v) is 1.02. The second-order valence-corrected chi connectivity index (χ2v) is 2.23. The Labute approximate surface area is 58.8 Å². The van der Waals surface area contributed by atoms with E-state index in [9.17, 15) is 9.59 Å². The third-order valence-electron chi connectivity index (χ3n) is 1.74. The van der Waals surface area contributed by atoms with Crippen molar-refractivity contribution in [1.29, 1.82) is 0 Å². The zero-order chi connectivity index (χ0) is 7.72. The summed E-state index contributed by atoms with van der Waals surface area (Å²) in [7, 11) is 3.00. The van der Waals surface area contributed by atoms with Crippen molar-refractivity contribution in [2.75, 3.05) is 14.2 Å². The number of amides is 1. The molecule has 1 saturated heterocycles. The maximum Gasteiger partial charge on any atom is 0.254 e. The minimum Gasteiger partial charge on any atom is -0.369 e. The second-order valence-electron chi connectivity index (χ2n) is 2.23. The molecule has 1 aliphatic heterocycles. The van der Waals surface area contributed by atoms with E-state index in [2.05, 4.69) is 0 Å². The molecule has 10 heavy (non-hydrogen) atoms. The summed E-state index contributed by atoms with van der Waals surface area (Å²) in [6.07, 6.45) is 0.178. The molecule has 56 valence electrons. The summed E-state index contributed by atoms with van der Waals surface area (Å²) >= 11 is 0. The molecule has 0 aromatic rings. The molecule has 4 nitrogen and oxygen atoms in total. The number of nitrogens with zero attached hydrogens (tertiary/aromatic N) is 1. The van der Waals surface area contributed by atoms with Crippen LogP contribution in [-0.2, 0) is 14.3 Å². The SMILES string of the molecule is COC1C(=O)N(C)C1C=O. The van der Waals surface area contributed by atoms with Gasteiger partial charge in [-0.3, -0.25) is 4.79 Å². The van der Waals surface area contributed by atoms with Gasteiger partial charge in [0, 0.05) is 14.2 Å². The molecule has 1 heterocycles. The van der Waals surface area contributed by atoms with Crippen molar-refractivity contribution in [2.45, 2.75) is 12.1 Å². The van der Waals surface area contributed by atoms with Gasteiger partial charge >= 0.3 is 0 Å². The third-order valence-corrected chi connectivity index (χ3v) is 1.74. The number of carbonyl (C=O) groups is 2. The van der Waals surface area contributed by atoms with Gasteiger partial charge in [0.05, 0.1) is 0 Å². The minimum absolute atomic E-state index is 0.125. The van der Waals surface area contributed by atoms with E-state index in [4.69, 9.17) is 4.74 Å². The fourth-order valence-electron chi connectivity index (χ4n) is 1.02. The number of aldehydes is 1. The first-order valence-corrected chi connectivity index (χ1v) is 2.97. The number of carbonyl (C=O) groups excluding carboxylic acids is 2. The van der Waals surface area contributed by atoms with E-state index in [0.717, 1.165) is 6.29 Å². The molecule has 1 amide bonds. The number of likely N-dealkylation sites (N-methyl/N-ethyl adjacent to an activating group) is 1. The van der Waals surface area contributed by atoms with Crippen LogP contribution in [0.2, 0.25) is 0 Å². The van der Waals surface area contributed by atoms with Crippen LogP contribution >= 0.6 is 0 Å². The lowest BCUT2D eigenvalue weighted by molar-refractivity contribution is -0.168. The van der Waals surface area contributed by atoms with Crippen LogP contribution in [-0.4, -0.2) is 43.4 Å². The van der Waals surface area contributed by atoms with Gasteiger partial charge in [-0.1, -0.05) is 0 Å². The molecule has 4 heteroatoms. The Morgan fingerprint density at radius 2 is 2.30 bits per heavy atom. The summed E-state index contributed by atoms with van der Waals surface area (Å²) in [5, 5.41) is 0. The van der Waals surface area contributed by atoms with Gasteiger partial charge in [-0.15, -0.1) is 0 Å². The van der Waals surface area contributed by atoms with Crippen molar-refractivity contribution in [1.82, 2.24) is 4.90 Å². The van der Waals surface area contributed by atoms with E-state index >= 15 is 0 Å². The van der Waals surface area contributed by atoms with Crippen molar-refractivity contribution in [3.8, 4) is 0 Å². The summed E-state index contributed by atoms with van der Waals surface area (Å²) in [5.74, 6) is -0.125. The summed E-state index contributed by atoms with van der Waals surface area (Å²) in [6.45, 7) is 0. The largest absolute Gasteiger partial charge is 0.369 e. The average molecular weight is 143 g/mol. The first-order chi connectivity index (χ1) is 4.72. The van der Waals surface area contributed by atoms with Crippen LogP contribution in [0.3, 0.4) is 0 Å². The van der Waals surface area contributed by atoms with Crippen LogP contribution in [0.4, 0.5) is 0 Å². The number of rotatable bonds is 2. The predicted molar refractivity (Wildman–Crippen MR) is 33.4 cm³/mol. The quantitative estimate of drug-likeness (QED) is 0.369. The van der Waals surface area contributed by atoms with Crippen molar-refractivity contribution in [3.63, 3.8) is 0 Å². The van der Waals surface area contributed by atoms with Gasteiger partial charge in [0.25, 0.3) is 5.91 Å². The van der Waals surface area contributed by atoms with Crippen molar-refractivity contribution < 1.29 is 14.3 Å². The molecule has 0 aromatic carbocycles. The lowest BCUT2D eigenvalue weighted by Crippen LogP contribution is -2.64. The van der Waals surface area contributed by atoms with E-state index < -0.39 is 6.10 Å². The number of β-lactam (4-membered cyclic amide) rings is 1. The van der Waals surface area contributed by atoms with E-state index in [1.807, 2.05) is 0 Å². The smallest absolute Gasteiger partial charge is 0.254 e. The summed E-state index contributed by atoms with van der Waals surface area (Å²) in [5.41, 5.74) is 0. The van der Waals surface area contributed by atoms with Gasteiger partial charge in [0.15, 0.2) is 6.10 Å². The lowest BCUT2D eigenvalue weighted by Gasteiger charge is -2.40. The Morgan fingerprint density at radius 3 is 2.60 bits per heavy atom. The maximum atomic E-state index is 10.8. The standard InChI is InChI=1S/C6H9NO3/c1-7-4(3-8)5(10-2)6(7)9/h3-5H,1-2H3. The Balaban J connectivity index is 2.60. The van der Waals surface area contributed by atoms with Gasteiger partial charge in [0.1, 0.15) is 12.3 Å². The zero-order valence-corrected chi connectivity index (χ0v) is 5.90. The predicted octanol–water partition coefficient (Wildman–Crippen LogP) is -0.959. The van der Waals surface area contributed by atoms with Gasteiger partial charge in [-0.25, -0.2) is 0 Å². The average Bonchev–Trinajstić information content (AvgIpc) is 1.97. The zero-order valence-electron chi connectivity index (χ0n) is 5.90. The van der Waals surface area contributed by atoms with E-state index in [0.29, 0.717) is 0 Å². The molecule has 0 spiro atoms. The minimum atomic E-state index is -0.539. The number of hydrogen-bond acceptors (Lipinski definition) is 3. The molecule has 0 N–H and O–H groups in total. The summed E-state index contributed by atoms with van der Waals surface area (Å²) in [4.78, 5) is 22.4. The van der Waals surface area contributed by atoms with E-state index in [-0.39, 0.29) is 11.9 Å². The Kier molecular flexibility index (Phi) is 1.72. The maximum absolute atomic E-state index is 10.8. The first-order valence-electron chi connectivity index (χ1n) is 2.97. The topological polar surface area (TPSA) is 46.6 Å². The third kappa shape index (κ3) is 0.724. The highest BCUT2D eigenvalue weighted by atomic mass is 16.5. The van der Waals surface area contributed by atoms with E-state index in [1.165, 1.54) is 12.0 Å². The van der Waals surface area contributed by atoms with Crippen LogP contribution in [0.1, 0.15) is 0 Å². The van der Waals surface area contributed by atoms with Crippen molar-refractivity contribution in [3.05, 3.63) is 0 Å². The highest BCUT2D eigenvalue weighted by molar-refractivity contribution is 5.94. The monoisotopic (exact) mass is 143 g/mol. The molecule has 0 radical (unpaired) electrons. The summed E-state index contributed by atoms with van der Waals surface area (Å²) in [6, 6.07) is -0.377.